The summed E-state index contributed by atoms with van der Waals surface area (Å²) in [6.45, 7) is 2.10. The first-order valence-electron chi connectivity index (χ1n) is 5.73. The Morgan fingerprint density at radius 1 is 1.40 bits per heavy atom. The zero-order valence-corrected chi connectivity index (χ0v) is 12.9. The van der Waals surface area contributed by atoms with Gasteiger partial charge in [0.25, 0.3) is 15.0 Å². The second kappa shape index (κ2) is 6.92. The van der Waals surface area contributed by atoms with Gasteiger partial charge in [0.1, 0.15) is 10.6 Å². The predicted octanol–water partition coefficient (Wildman–Crippen LogP) is 1.39. The van der Waals surface area contributed by atoms with Gasteiger partial charge in [-0.15, -0.1) is 0 Å². The van der Waals surface area contributed by atoms with Crippen LogP contribution in [0.25, 0.3) is 0 Å². The first-order valence-corrected chi connectivity index (χ1v) is 8.04. The van der Waals surface area contributed by atoms with Gasteiger partial charge >= 0.3 is 0 Å². The molecule has 0 aromatic heterocycles. The summed E-state index contributed by atoms with van der Waals surface area (Å²) >= 11 is 0. The maximum Gasteiger partial charge on any atom is 0.265 e. The van der Waals surface area contributed by atoms with Crippen molar-refractivity contribution in [1.82, 2.24) is 5.32 Å². The van der Waals surface area contributed by atoms with Crippen molar-refractivity contribution in [3.05, 3.63) is 23.8 Å². The van der Waals surface area contributed by atoms with E-state index < -0.39 is 15.0 Å². The molecule has 1 aromatic carbocycles. The van der Waals surface area contributed by atoms with Crippen molar-refractivity contribution < 1.29 is 22.7 Å². The average Bonchev–Trinajstić information content (AvgIpc) is 2.42. The normalized spacial score (nSPS) is 12.8. The Morgan fingerprint density at radius 3 is 2.55 bits per heavy atom. The van der Waals surface area contributed by atoms with Crippen LogP contribution in [-0.4, -0.2) is 41.2 Å². The monoisotopic (exact) mass is 321 g/mol. The quantitative estimate of drug-likeness (QED) is 0.801. The van der Waals surface area contributed by atoms with Gasteiger partial charge in [-0.3, -0.25) is 4.79 Å². The minimum absolute atomic E-state index is 0.0850. The minimum Gasteiger partial charge on any atom is -0.495 e. The summed E-state index contributed by atoms with van der Waals surface area (Å²) in [6.07, 6.45) is -0.145. The molecule has 1 atom stereocenters. The molecule has 0 aliphatic carbocycles. The number of rotatable bonds is 6. The van der Waals surface area contributed by atoms with E-state index in [9.17, 15) is 13.2 Å². The third kappa shape index (κ3) is 4.36. The molecule has 8 heteroatoms. The fourth-order valence-electron chi connectivity index (χ4n) is 1.43. The number of halogens is 1. The first-order chi connectivity index (χ1) is 9.29. The van der Waals surface area contributed by atoms with E-state index in [1.54, 1.807) is 6.92 Å². The van der Waals surface area contributed by atoms with Crippen molar-refractivity contribution in [3.63, 3.8) is 0 Å². The minimum atomic E-state index is -4.00. The van der Waals surface area contributed by atoms with Gasteiger partial charge in [-0.05, 0) is 25.1 Å². The van der Waals surface area contributed by atoms with Gasteiger partial charge < -0.3 is 14.8 Å². The molecule has 0 fully saturated rings. The van der Waals surface area contributed by atoms with Crippen molar-refractivity contribution in [2.24, 2.45) is 0 Å². The van der Waals surface area contributed by atoms with Crippen molar-refractivity contribution in [3.8, 4) is 5.75 Å². The maximum atomic E-state index is 11.9. The lowest BCUT2D eigenvalue weighted by Gasteiger charge is -2.12. The summed E-state index contributed by atoms with van der Waals surface area (Å²) in [5.74, 6) is -0.333. The summed E-state index contributed by atoms with van der Waals surface area (Å²) in [4.78, 5) is 11.7. The molecule has 0 aliphatic rings. The van der Waals surface area contributed by atoms with Crippen molar-refractivity contribution >= 4 is 25.6 Å². The van der Waals surface area contributed by atoms with Crippen LogP contribution in [0.1, 0.15) is 17.3 Å². The van der Waals surface area contributed by atoms with Crippen molar-refractivity contribution in [2.45, 2.75) is 17.9 Å². The highest BCUT2D eigenvalue weighted by Crippen LogP contribution is 2.27. The topological polar surface area (TPSA) is 81.7 Å². The molecule has 0 saturated heterocycles. The molecule has 1 N–H and O–H groups in total. The van der Waals surface area contributed by atoms with Crippen LogP contribution >= 0.6 is 10.7 Å². The second-order valence-corrected chi connectivity index (χ2v) is 6.59. The molecule has 0 spiro atoms. The number of benzene rings is 1. The molecular weight excluding hydrogens is 306 g/mol. The van der Waals surface area contributed by atoms with Crippen LogP contribution in [0.3, 0.4) is 0 Å². The van der Waals surface area contributed by atoms with E-state index in [0.717, 1.165) is 0 Å². The number of hydrogen-bond acceptors (Lipinski definition) is 5. The molecule has 112 valence electrons. The summed E-state index contributed by atoms with van der Waals surface area (Å²) in [5, 5.41) is 2.62. The number of amides is 1. The van der Waals surface area contributed by atoms with Gasteiger partial charge in [0, 0.05) is 29.9 Å². The number of carbonyl (C=O) groups excluding carboxylic acids is 1. The van der Waals surface area contributed by atoms with Crippen LogP contribution < -0.4 is 10.1 Å². The maximum absolute atomic E-state index is 11.9. The van der Waals surface area contributed by atoms with Gasteiger partial charge in [-0.25, -0.2) is 8.42 Å². The summed E-state index contributed by atoms with van der Waals surface area (Å²) < 4.78 is 32.8. The Kier molecular flexibility index (Phi) is 5.79. The molecule has 20 heavy (non-hydrogen) atoms. The number of ether oxygens (including phenoxy) is 2. The van der Waals surface area contributed by atoms with E-state index in [-0.39, 0.29) is 22.3 Å². The summed E-state index contributed by atoms with van der Waals surface area (Å²) in [6, 6.07) is 4.01. The largest absolute Gasteiger partial charge is 0.495 e. The zero-order valence-electron chi connectivity index (χ0n) is 11.3. The van der Waals surface area contributed by atoms with Crippen LogP contribution in [0.2, 0.25) is 0 Å². The van der Waals surface area contributed by atoms with Gasteiger partial charge in [-0.2, -0.15) is 0 Å². The number of nitrogens with one attached hydrogen (secondary N) is 1. The lowest BCUT2D eigenvalue weighted by atomic mass is 10.2. The predicted molar refractivity (Wildman–Crippen MR) is 74.8 cm³/mol. The van der Waals surface area contributed by atoms with E-state index in [1.807, 2.05) is 0 Å². The Hall–Kier alpha value is -1.31. The Bertz CT molecular complexity index is 588. The van der Waals surface area contributed by atoms with Gasteiger partial charge in [0.2, 0.25) is 0 Å². The molecule has 0 heterocycles. The highest BCUT2D eigenvalue weighted by atomic mass is 35.7. The third-order valence-electron chi connectivity index (χ3n) is 2.64. The van der Waals surface area contributed by atoms with E-state index in [2.05, 4.69) is 5.32 Å². The molecule has 0 bridgehead atoms. The van der Waals surface area contributed by atoms with Gasteiger partial charge in [-0.1, -0.05) is 0 Å². The standard InChI is InChI=1S/C12H16ClNO5S/c1-8(18-2)7-14-12(15)9-4-5-10(19-3)11(6-9)20(13,16)17/h4-6,8H,7H2,1-3H3,(H,14,15). The van der Waals surface area contributed by atoms with Gasteiger partial charge in [0.05, 0.1) is 13.2 Å². The van der Waals surface area contributed by atoms with E-state index in [4.69, 9.17) is 20.2 Å². The van der Waals surface area contributed by atoms with Crippen LogP contribution in [0.4, 0.5) is 0 Å². The molecule has 1 rings (SSSR count). The Labute approximate surface area is 122 Å². The molecule has 1 aromatic rings. The van der Waals surface area contributed by atoms with Crippen LogP contribution in [0, 0.1) is 0 Å². The fourth-order valence-corrected chi connectivity index (χ4v) is 2.45. The van der Waals surface area contributed by atoms with E-state index >= 15 is 0 Å². The molecule has 0 radical (unpaired) electrons. The number of carbonyl (C=O) groups is 1. The lowest BCUT2D eigenvalue weighted by molar-refractivity contribution is 0.0870. The molecule has 1 amide bonds. The van der Waals surface area contributed by atoms with Crippen LogP contribution in [-0.2, 0) is 13.8 Å². The van der Waals surface area contributed by atoms with E-state index in [1.165, 1.54) is 32.4 Å². The fraction of sp³-hybridized carbons (Fsp3) is 0.417. The smallest absolute Gasteiger partial charge is 0.265 e. The Morgan fingerprint density at radius 2 is 2.05 bits per heavy atom. The first kappa shape index (κ1) is 16.7. The molecular formula is C12H16ClNO5S. The highest BCUT2D eigenvalue weighted by Gasteiger charge is 2.19. The zero-order chi connectivity index (χ0) is 15.3. The Balaban J connectivity index is 3.00. The number of hydrogen-bond donors (Lipinski definition) is 1. The van der Waals surface area contributed by atoms with Crippen LogP contribution in [0.15, 0.2) is 23.1 Å². The second-order valence-electron chi connectivity index (χ2n) is 4.06. The summed E-state index contributed by atoms with van der Waals surface area (Å²) in [5.41, 5.74) is 0.174. The molecule has 0 saturated carbocycles. The van der Waals surface area contributed by atoms with Crippen molar-refractivity contribution in [2.75, 3.05) is 20.8 Å². The molecule has 6 nitrogen and oxygen atoms in total. The highest BCUT2D eigenvalue weighted by molar-refractivity contribution is 8.13. The van der Waals surface area contributed by atoms with Crippen molar-refractivity contribution in [1.29, 1.82) is 0 Å². The van der Waals surface area contributed by atoms with E-state index in [0.29, 0.717) is 6.54 Å². The third-order valence-corrected chi connectivity index (χ3v) is 3.98. The van der Waals surface area contributed by atoms with Gasteiger partial charge in [0.15, 0.2) is 0 Å². The SMILES string of the molecule is COc1ccc(C(=O)NCC(C)OC)cc1S(=O)(=O)Cl. The molecule has 0 aliphatic heterocycles. The lowest BCUT2D eigenvalue weighted by Crippen LogP contribution is -2.31. The van der Waals surface area contributed by atoms with Crippen LogP contribution in [0.5, 0.6) is 5.75 Å². The summed E-state index contributed by atoms with van der Waals surface area (Å²) in [7, 11) is 4.17. The average molecular weight is 322 g/mol. The number of methoxy groups -OCH3 is 2. The molecule has 1 unspecified atom stereocenters.